The van der Waals surface area contributed by atoms with Gasteiger partial charge in [0.25, 0.3) is 0 Å². The molecule has 0 amide bonds. The lowest BCUT2D eigenvalue weighted by molar-refractivity contribution is 0.150. The fraction of sp³-hybridized carbons (Fsp3) is 0.250. The number of hydrogen-bond donors (Lipinski definition) is 3. The third-order valence-electron chi connectivity index (χ3n) is 6.35. The van der Waals surface area contributed by atoms with Gasteiger partial charge in [-0.15, -0.1) is 0 Å². The third kappa shape index (κ3) is 2.67. The maximum Gasteiger partial charge on any atom is 0.167 e. The Hall–Kier alpha value is -3.12. The largest absolute Gasteiger partial charge is 0.486 e. The lowest BCUT2D eigenvalue weighted by Crippen LogP contribution is -2.31. The number of halogens is 2. The van der Waals surface area contributed by atoms with E-state index >= 15 is 0 Å². The van der Waals surface area contributed by atoms with E-state index in [1.54, 1.807) is 12.1 Å². The monoisotopic (exact) mass is 405 g/mol. The molecule has 1 saturated carbocycles. The van der Waals surface area contributed by atoms with Gasteiger partial charge in [-0.2, -0.15) is 0 Å². The lowest BCUT2D eigenvalue weighted by atomic mass is 9.93. The minimum atomic E-state index is -0.294. The maximum absolute atomic E-state index is 14.0. The number of rotatable bonds is 2. The summed E-state index contributed by atoms with van der Waals surface area (Å²) in [6.07, 6.45) is 3.70. The molecule has 0 saturated heterocycles. The highest BCUT2D eigenvalue weighted by Gasteiger charge is 2.24. The first kappa shape index (κ1) is 17.7. The standard InChI is InChI=1S/C24H21F2N3O/c25-12-1-7-20-16(9-12)18-11-19-17-10-13(26)2-8-21(17)29-23(19)24(22(18)28-20)30-15-5-3-14(27)4-6-15/h1-2,7-11,14-15,28-29H,3-6,27H2. The zero-order chi connectivity index (χ0) is 20.4. The molecule has 1 fully saturated rings. The van der Waals surface area contributed by atoms with Crippen LogP contribution in [0.3, 0.4) is 0 Å². The summed E-state index contributed by atoms with van der Waals surface area (Å²) in [6.45, 7) is 0. The summed E-state index contributed by atoms with van der Waals surface area (Å²) < 4.78 is 34.5. The van der Waals surface area contributed by atoms with Crippen LogP contribution in [-0.2, 0) is 0 Å². The summed E-state index contributed by atoms with van der Waals surface area (Å²) in [5, 5.41) is 3.30. The van der Waals surface area contributed by atoms with Gasteiger partial charge < -0.3 is 20.4 Å². The van der Waals surface area contributed by atoms with Crippen LogP contribution in [0, 0.1) is 11.6 Å². The second-order valence-corrected chi connectivity index (χ2v) is 8.34. The predicted molar refractivity (Wildman–Crippen MR) is 116 cm³/mol. The molecule has 0 atom stereocenters. The molecule has 6 heteroatoms. The van der Waals surface area contributed by atoms with Crippen LogP contribution >= 0.6 is 0 Å². The van der Waals surface area contributed by atoms with Crippen LogP contribution < -0.4 is 10.5 Å². The molecule has 2 aromatic heterocycles. The Morgan fingerprint density at radius 3 is 1.80 bits per heavy atom. The number of hydrogen-bond acceptors (Lipinski definition) is 2. The molecule has 4 N–H and O–H groups in total. The van der Waals surface area contributed by atoms with Crippen molar-refractivity contribution in [3.63, 3.8) is 0 Å². The fourth-order valence-corrected chi connectivity index (χ4v) is 4.79. The highest BCUT2D eigenvalue weighted by atomic mass is 19.1. The van der Waals surface area contributed by atoms with Gasteiger partial charge in [-0.25, -0.2) is 8.78 Å². The topological polar surface area (TPSA) is 66.8 Å². The average molecular weight is 405 g/mol. The molecular formula is C24H21F2N3O. The van der Waals surface area contributed by atoms with Crippen molar-refractivity contribution in [3.8, 4) is 5.75 Å². The molecule has 2 heterocycles. The van der Waals surface area contributed by atoms with Crippen LogP contribution in [0.2, 0.25) is 0 Å². The van der Waals surface area contributed by atoms with Crippen LogP contribution in [0.25, 0.3) is 43.6 Å². The number of nitrogens with one attached hydrogen (secondary N) is 2. The number of aromatic nitrogens is 2. The van der Waals surface area contributed by atoms with Crippen molar-refractivity contribution < 1.29 is 13.5 Å². The Labute approximate surface area is 171 Å². The SMILES string of the molecule is NC1CCC(Oc2c3[nH]c4ccc(F)cc4c3cc3c2[nH]c2ccc(F)cc23)CC1. The Balaban J connectivity index is 1.66. The van der Waals surface area contributed by atoms with Crippen molar-refractivity contribution in [1.82, 2.24) is 9.97 Å². The number of benzene rings is 3. The molecule has 5 aromatic rings. The molecule has 152 valence electrons. The molecule has 3 aromatic carbocycles. The summed E-state index contributed by atoms with van der Waals surface area (Å²) in [5.41, 5.74) is 9.39. The number of nitrogens with two attached hydrogens (primary N) is 1. The smallest absolute Gasteiger partial charge is 0.167 e. The minimum absolute atomic E-state index is 0.0601. The number of H-pyrrole nitrogens is 2. The normalized spacial score (nSPS) is 20.0. The molecule has 6 rings (SSSR count). The van der Waals surface area contributed by atoms with E-state index < -0.39 is 0 Å². The van der Waals surface area contributed by atoms with Crippen molar-refractivity contribution in [2.45, 2.75) is 37.8 Å². The van der Waals surface area contributed by atoms with Gasteiger partial charge in [0.05, 0.1) is 17.1 Å². The van der Waals surface area contributed by atoms with Gasteiger partial charge in [-0.1, -0.05) is 0 Å². The van der Waals surface area contributed by atoms with Crippen molar-refractivity contribution in [2.75, 3.05) is 0 Å². The summed E-state index contributed by atoms with van der Waals surface area (Å²) in [5.74, 6) is 0.116. The van der Waals surface area contributed by atoms with E-state index in [1.807, 2.05) is 6.07 Å². The van der Waals surface area contributed by atoms with Crippen LogP contribution in [-0.4, -0.2) is 22.1 Å². The van der Waals surface area contributed by atoms with Crippen molar-refractivity contribution in [3.05, 3.63) is 54.1 Å². The van der Waals surface area contributed by atoms with E-state index in [9.17, 15) is 8.78 Å². The second-order valence-electron chi connectivity index (χ2n) is 8.34. The van der Waals surface area contributed by atoms with Crippen molar-refractivity contribution >= 4 is 43.6 Å². The van der Waals surface area contributed by atoms with Crippen molar-refractivity contribution in [1.29, 1.82) is 0 Å². The van der Waals surface area contributed by atoms with E-state index in [-0.39, 0.29) is 23.8 Å². The van der Waals surface area contributed by atoms with Gasteiger partial charge in [0.2, 0.25) is 0 Å². The van der Waals surface area contributed by atoms with E-state index in [0.29, 0.717) is 5.75 Å². The van der Waals surface area contributed by atoms with Gasteiger partial charge in [0.15, 0.2) is 5.75 Å². The third-order valence-corrected chi connectivity index (χ3v) is 6.35. The molecule has 30 heavy (non-hydrogen) atoms. The fourth-order valence-electron chi connectivity index (χ4n) is 4.79. The predicted octanol–water partition coefficient (Wildman–Crippen LogP) is 5.88. The van der Waals surface area contributed by atoms with Crippen LogP contribution in [0.5, 0.6) is 5.75 Å². The molecular weight excluding hydrogens is 384 g/mol. The van der Waals surface area contributed by atoms with E-state index in [1.165, 1.54) is 24.3 Å². The molecule has 0 spiro atoms. The highest BCUT2D eigenvalue weighted by Crippen LogP contribution is 2.42. The number of ether oxygens (including phenoxy) is 1. The number of aromatic amines is 2. The Bertz CT molecular complexity index is 1330. The molecule has 0 aliphatic heterocycles. The van der Waals surface area contributed by atoms with Gasteiger partial charge in [0.1, 0.15) is 11.6 Å². The van der Waals surface area contributed by atoms with Crippen molar-refractivity contribution in [2.24, 2.45) is 5.73 Å². The van der Waals surface area contributed by atoms with E-state index in [2.05, 4.69) is 9.97 Å². The molecule has 0 unspecified atom stereocenters. The van der Waals surface area contributed by atoms with Gasteiger partial charge in [-0.05, 0) is 68.1 Å². The Morgan fingerprint density at radius 2 is 1.27 bits per heavy atom. The van der Waals surface area contributed by atoms with E-state index in [4.69, 9.17) is 10.5 Å². The molecule has 0 bridgehead atoms. The summed E-state index contributed by atoms with van der Waals surface area (Å²) >= 11 is 0. The molecule has 1 aliphatic carbocycles. The van der Waals surface area contributed by atoms with Crippen LogP contribution in [0.15, 0.2) is 42.5 Å². The lowest BCUT2D eigenvalue weighted by Gasteiger charge is -2.27. The average Bonchev–Trinajstić information content (AvgIpc) is 3.27. The summed E-state index contributed by atoms with van der Waals surface area (Å²) in [4.78, 5) is 6.82. The molecule has 0 radical (unpaired) electrons. The Kier molecular flexibility index (Phi) is 3.80. The number of fused-ring (bicyclic) bond motifs is 6. The van der Waals surface area contributed by atoms with Crippen LogP contribution in [0.4, 0.5) is 8.78 Å². The molecule has 1 aliphatic rings. The first-order chi connectivity index (χ1) is 14.6. The zero-order valence-electron chi connectivity index (χ0n) is 16.3. The summed E-state index contributed by atoms with van der Waals surface area (Å²) in [6, 6.07) is 11.6. The Morgan fingerprint density at radius 1 is 0.733 bits per heavy atom. The first-order valence-electron chi connectivity index (χ1n) is 10.3. The zero-order valence-corrected chi connectivity index (χ0v) is 16.3. The molecule has 4 nitrogen and oxygen atoms in total. The van der Waals surface area contributed by atoms with Gasteiger partial charge >= 0.3 is 0 Å². The maximum atomic E-state index is 14.0. The second kappa shape index (κ2) is 6.44. The first-order valence-corrected chi connectivity index (χ1v) is 10.3. The van der Waals surface area contributed by atoms with E-state index in [0.717, 1.165) is 69.3 Å². The quantitative estimate of drug-likeness (QED) is 0.343. The van der Waals surface area contributed by atoms with Crippen LogP contribution in [0.1, 0.15) is 25.7 Å². The van der Waals surface area contributed by atoms with Gasteiger partial charge in [-0.3, -0.25) is 0 Å². The van der Waals surface area contributed by atoms with Gasteiger partial charge in [0, 0.05) is 38.6 Å². The summed E-state index contributed by atoms with van der Waals surface area (Å²) in [7, 11) is 0. The highest BCUT2D eigenvalue weighted by molar-refractivity contribution is 6.20. The minimum Gasteiger partial charge on any atom is -0.486 e.